The smallest absolute Gasteiger partial charge is 0.254 e. The third kappa shape index (κ3) is 6.26. The monoisotopic (exact) mass is 524 g/mol. The van der Waals surface area contributed by atoms with Crippen LogP contribution in [0.25, 0.3) is 0 Å². The predicted octanol–water partition coefficient (Wildman–Crippen LogP) is 3.86. The van der Waals surface area contributed by atoms with Crippen LogP contribution >= 0.6 is 0 Å². The van der Waals surface area contributed by atoms with E-state index in [0.29, 0.717) is 24.1 Å². The van der Waals surface area contributed by atoms with E-state index >= 15 is 0 Å². The van der Waals surface area contributed by atoms with E-state index in [1.165, 1.54) is 24.8 Å². The van der Waals surface area contributed by atoms with Gasteiger partial charge in [0.25, 0.3) is 5.91 Å². The first kappa shape index (κ1) is 25.5. The normalized spacial score (nSPS) is 17.5. The molecule has 2 aliphatic rings. The van der Waals surface area contributed by atoms with Crippen LogP contribution in [0.1, 0.15) is 52.5 Å². The number of rotatable bonds is 9. The molecule has 1 spiro atoms. The molecular formula is C30H36N8O. The lowest BCUT2D eigenvalue weighted by atomic mass is 9.78. The van der Waals surface area contributed by atoms with Crippen LogP contribution in [0.15, 0.2) is 73.4 Å². The van der Waals surface area contributed by atoms with E-state index in [9.17, 15) is 4.79 Å². The molecule has 2 N–H and O–H groups in total. The van der Waals surface area contributed by atoms with E-state index in [2.05, 4.69) is 59.0 Å². The number of piperidine rings is 1. The number of aromatic nitrogens is 5. The molecule has 5 heterocycles. The molecule has 2 aliphatic heterocycles. The lowest BCUT2D eigenvalue weighted by Crippen LogP contribution is -2.41. The number of nitrogens with one attached hydrogen (secondary N) is 2. The van der Waals surface area contributed by atoms with Gasteiger partial charge in [-0.2, -0.15) is 0 Å². The molecule has 3 aromatic heterocycles. The van der Waals surface area contributed by atoms with Gasteiger partial charge in [-0.3, -0.25) is 19.6 Å². The molecule has 39 heavy (non-hydrogen) atoms. The minimum Gasteiger partial charge on any atom is -0.347 e. The van der Waals surface area contributed by atoms with Crippen LogP contribution in [0.5, 0.6) is 0 Å². The van der Waals surface area contributed by atoms with Gasteiger partial charge in [-0.15, -0.1) is 0 Å². The molecule has 0 atom stereocenters. The third-order valence-corrected chi connectivity index (χ3v) is 8.23. The second-order valence-corrected chi connectivity index (χ2v) is 11.0. The minimum absolute atomic E-state index is 0.0352. The first-order valence-electron chi connectivity index (χ1n) is 13.8. The molecule has 1 aromatic carbocycles. The van der Waals surface area contributed by atoms with Crippen LogP contribution in [0.2, 0.25) is 0 Å². The predicted molar refractivity (Wildman–Crippen MR) is 148 cm³/mol. The van der Waals surface area contributed by atoms with Crippen molar-refractivity contribution in [1.29, 1.82) is 0 Å². The Kier molecular flexibility index (Phi) is 7.51. The van der Waals surface area contributed by atoms with E-state index in [0.717, 1.165) is 56.6 Å². The first-order valence-corrected chi connectivity index (χ1v) is 13.8. The fourth-order valence-corrected chi connectivity index (χ4v) is 6.00. The molecule has 4 aromatic rings. The maximum absolute atomic E-state index is 13.4. The first-order chi connectivity index (χ1) is 19.1. The fraction of sp³-hybridized carbons (Fsp3) is 0.400. The summed E-state index contributed by atoms with van der Waals surface area (Å²) in [7, 11) is 0. The number of nitrogens with zero attached hydrogens (tertiary/aromatic N) is 6. The SMILES string of the molecule is O=C(c1ccc(CN2CCC3(CCN(Cc4ccccn4)CC3)C2)cc1)N(Cc1ncc[nH]1)Cc1ncc[nH]1. The molecule has 0 unspecified atom stereocenters. The maximum Gasteiger partial charge on any atom is 0.254 e. The van der Waals surface area contributed by atoms with Gasteiger partial charge < -0.3 is 14.9 Å². The van der Waals surface area contributed by atoms with Crippen LogP contribution in [0.3, 0.4) is 0 Å². The summed E-state index contributed by atoms with van der Waals surface area (Å²) in [4.78, 5) is 39.6. The van der Waals surface area contributed by atoms with Gasteiger partial charge in [0, 0.05) is 56.2 Å². The average molecular weight is 525 g/mol. The standard InChI is InChI=1S/C30H36N8O/c39-29(38(21-27-32-12-13-33-27)22-28-34-14-15-35-28)25-6-4-24(5-7-25)19-37-18-10-30(23-37)8-16-36(17-9-30)20-26-3-1-2-11-31-26/h1-7,11-15H,8-10,16-23H2,(H,32,33)(H,34,35). The third-order valence-electron chi connectivity index (χ3n) is 8.23. The Morgan fingerprint density at radius 2 is 1.46 bits per heavy atom. The molecule has 202 valence electrons. The summed E-state index contributed by atoms with van der Waals surface area (Å²) in [5, 5.41) is 0. The van der Waals surface area contributed by atoms with Crippen molar-refractivity contribution in [3.8, 4) is 0 Å². The van der Waals surface area contributed by atoms with Gasteiger partial charge in [-0.1, -0.05) is 18.2 Å². The maximum atomic E-state index is 13.4. The summed E-state index contributed by atoms with van der Waals surface area (Å²) in [6, 6.07) is 14.3. The Balaban J connectivity index is 1.03. The van der Waals surface area contributed by atoms with Gasteiger partial charge in [0.05, 0.1) is 18.8 Å². The minimum atomic E-state index is -0.0352. The molecule has 0 aliphatic carbocycles. The van der Waals surface area contributed by atoms with Crippen LogP contribution in [0.4, 0.5) is 0 Å². The quantitative estimate of drug-likeness (QED) is 0.345. The highest BCUT2D eigenvalue weighted by Gasteiger charge is 2.40. The number of benzene rings is 1. The molecule has 0 bridgehead atoms. The van der Waals surface area contributed by atoms with E-state index in [1.54, 1.807) is 29.7 Å². The highest BCUT2D eigenvalue weighted by Crippen LogP contribution is 2.41. The fourth-order valence-electron chi connectivity index (χ4n) is 6.00. The van der Waals surface area contributed by atoms with E-state index in [4.69, 9.17) is 0 Å². The molecule has 2 saturated heterocycles. The molecule has 1 amide bonds. The van der Waals surface area contributed by atoms with E-state index in [-0.39, 0.29) is 5.91 Å². The lowest BCUT2D eigenvalue weighted by Gasteiger charge is -2.39. The number of H-pyrrole nitrogens is 2. The summed E-state index contributed by atoms with van der Waals surface area (Å²) >= 11 is 0. The van der Waals surface area contributed by atoms with Crippen molar-refractivity contribution >= 4 is 5.91 Å². The second kappa shape index (κ2) is 11.5. The zero-order valence-corrected chi connectivity index (χ0v) is 22.3. The van der Waals surface area contributed by atoms with Crippen molar-refractivity contribution in [3.05, 3.63) is 102 Å². The lowest BCUT2D eigenvalue weighted by molar-refractivity contribution is 0.0721. The summed E-state index contributed by atoms with van der Waals surface area (Å²) < 4.78 is 0. The Morgan fingerprint density at radius 3 is 2.05 bits per heavy atom. The number of pyridine rings is 1. The average Bonchev–Trinajstić information content (AvgIpc) is 3.75. The summed E-state index contributed by atoms with van der Waals surface area (Å²) in [5.41, 5.74) is 3.53. The van der Waals surface area contributed by atoms with Gasteiger partial charge in [0.2, 0.25) is 0 Å². The number of hydrogen-bond donors (Lipinski definition) is 2. The zero-order chi connectivity index (χ0) is 26.5. The summed E-state index contributed by atoms with van der Waals surface area (Å²) in [6.45, 7) is 7.25. The number of imidazole rings is 2. The highest BCUT2D eigenvalue weighted by atomic mass is 16.2. The van der Waals surface area contributed by atoms with Crippen molar-refractivity contribution in [2.24, 2.45) is 5.41 Å². The Bertz CT molecular complexity index is 1280. The Labute approximate surface area is 229 Å². The van der Waals surface area contributed by atoms with Crippen molar-refractivity contribution < 1.29 is 4.79 Å². The van der Waals surface area contributed by atoms with Gasteiger partial charge in [-0.05, 0) is 74.1 Å². The molecule has 9 heteroatoms. The van der Waals surface area contributed by atoms with E-state index < -0.39 is 0 Å². The number of amides is 1. The summed E-state index contributed by atoms with van der Waals surface area (Å²) in [6.07, 6.45) is 12.6. The number of carbonyl (C=O) groups is 1. The van der Waals surface area contributed by atoms with Gasteiger partial charge >= 0.3 is 0 Å². The van der Waals surface area contributed by atoms with Crippen molar-refractivity contribution in [2.45, 2.75) is 45.4 Å². The van der Waals surface area contributed by atoms with Crippen molar-refractivity contribution in [3.63, 3.8) is 0 Å². The second-order valence-electron chi connectivity index (χ2n) is 11.0. The molecular weight excluding hydrogens is 488 g/mol. The number of hydrogen-bond acceptors (Lipinski definition) is 6. The molecule has 0 saturated carbocycles. The highest BCUT2D eigenvalue weighted by molar-refractivity contribution is 5.94. The Morgan fingerprint density at radius 1 is 0.795 bits per heavy atom. The summed E-state index contributed by atoms with van der Waals surface area (Å²) in [5.74, 6) is 1.46. The van der Waals surface area contributed by atoms with Crippen molar-refractivity contribution in [2.75, 3.05) is 26.2 Å². The van der Waals surface area contributed by atoms with Gasteiger partial charge in [0.15, 0.2) is 0 Å². The molecule has 6 rings (SSSR count). The van der Waals surface area contributed by atoms with Crippen LogP contribution < -0.4 is 0 Å². The van der Waals surface area contributed by atoms with Crippen LogP contribution in [0, 0.1) is 5.41 Å². The largest absolute Gasteiger partial charge is 0.347 e. The molecule has 9 nitrogen and oxygen atoms in total. The van der Waals surface area contributed by atoms with Gasteiger partial charge in [-0.25, -0.2) is 9.97 Å². The number of carbonyl (C=O) groups excluding carboxylic acids is 1. The number of aromatic amines is 2. The Hall–Kier alpha value is -3.82. The number of likely N-dealkylation sites (tertiary alicyclic amines) is 2. The van der Waals surface area contributed by atoms with Crippen LogP contribution in [-0.2, 0) is 26.2 Å². The van der Waals surface area contributed by atoms with Crippen molar-refractivity contribution in [1.82, 2.24) is 39.6 Å². The molecule has 0 radical (unpaired) electrons. The zero-order valence-electron chi connectivity index (χ0n) is 22.3. The van der Waals surface area contributed by atoms with Gasteiger partial charge in [0.1, 0.15) is 11.6 Å². The van der Waals surface area contributed by atoms with E-state index in [1.807, 2.05) is 24.4 Å². The van der Waals surface area contributed by atoms with Crippen LogP contribution in [-0.4, -0.2) is 71.7 Å². The topological polar surface area (TPSA) is 97.0 Å². The molecule has 2 fully saturated rings.